The summed E-state index contributed by atoms with van der Waals surface area (Å²) in [6, 6.07) is 1.39. The second-order valence-corrected chi connectivity index (χ2v) is 9.84. The molecule has 17 heteroatoms. The lowest BCUT2D eigenvalue weighted by molar-refractivity contribution is -0.0575. The van der Waals surface area contributed by atoms with Crippen LogP contribution in [0.4, 0.5) is 11.6 Å². The van der Waals surface area contributed by atoms with Crippen LogP contribution in [-0.2, 0) is 23.1 Å². The molecule has 0 amide bonds. The van der Waals surface area contributed by atoms with Gasteiger partial charge in [0, 0.05) is 30.8 Å². The monoisotopic (exact) mass is 530 g/mol. The third-order valence-electron chi connectivity index (χ3n) is 5.88. The number of anilines is 2. The van der Waals surface area contributed by atoms with Crippen molar-refractivity contribution in [2.75, 3.05) is 24.7 Å². The highest BCUT2D eigenvalue weighted by Gasteiger charge is 2.43. The van der Waals surface area contributed by atoms with Crippen molar-refractivity contribution in [1.82, 2.24) is 19.1 Å². The highest BCUT2D eigenvalue weighted by Crippen LogP contribution is 2.49. The lowest BCUT2D eigenvalue weighted by Crippen LogP contribution is -2.29. The maximum atomic E-state index is 12.6. The number of phosphoric ester groups is 1. The first-order chi connectivity index (χ1) is 17.0. The van der Waals surface area contributed by atoms with Crippen molar-refractivity contribution in [1.29, 1.82) is 0 Å². The molecule has 7 atom stereocenters. The summed E-state index contributed by atoms with van der Waals surface area (Å²) in [6.45, 7) is 0.544. The molecule has 198 valence electrons. The van der Waals surface area contributed by atoms with E-state index in [1.807, 2.05) is 0 Å². The third-order valence-corrected chi connectivity index (χ3v) is 6.89. The van der Waals surface area contributed by atoms with Gasteiger partial charge >= 0.3 is 19.2 Å². The summed E-state index contributed by atoms with van der Waals surface area (Å²) in [6.07, 6.45) is -3.39. The van der Waals surface area contributed by atoms with Crippen molar-refractivity contribution < 1.29 is 38.2 Å². The normalized spacial score (nSPS) is 29.9. The van der Waals surface area contributed by atoms with Gasteiger partial charge < -0.3 is 36.0 Å². The first-order valence-corrected chi connectivity index (χ1v) is 12.4. The zero-order valence-electron chi connectivity index (χ0n) is 19.1. The van der Waals surface area contributed by atoms with Gasteiger partial charge in [0.15, 0.2) is 0 Å². The van der Waals surface area contributed by atoms with Crippen molar-refractivity contribution in [3.05, 3.63) is 45.0 Å². The van der Waals surface area contributed by atoms with Crippen LogP contribution in [-0.4, -0.2) is 71.8 Å². The van der Waals surface area contributed by atoms with Crippen LogP contribution in [0.2, 0.25) is 0 Å². The van der Waals surface area contributed by atoms with E-state index in [1.165, 1.54) is 18.5 Å². The van der Waals surface area contributed by atoms with E-state index in [2.05, 4.69) is 9.97 Å². The number of nitrogens with zero attached hydrogens (tertiary/aromatic N) is 4. The number of nitrogen functional groups attached to an aromatic ring is 2. The maximum Gasteiger partial charge on any atom is 0.472 e. The minimum absolute atomic E-state index is 0.00461. The molecule has 0 saturated carbocycles. The fraction of sp³-hybridized carbons (Fsp3) is 0.579. The summed E-state index contributed by atoms with van der Waals surface area (Å²) in [5.41, 5.74) is 10.2. The van der Waals surface area contributed by atoms with Crippen LogP contribution >= 0.6 is 7.82 Å². The summed E-state index contributed by atoms with van der Waals surface area (Å²) < 4.78 is 36.3. The van der Waals surface area contributed by atoms with Gasteiger partial charge in [-0.2, -0.15) is 9.97 Å². The molecule has 2 aliphatic heterocycles. The van der Waals surface area contributed by atoms with Crippen LogP contribution in [0.1, 0.15) is 30.9 Å². The molecule has 0 radical (unpaired) electrons. The molecule has 4 rings (SSSR count). The summed E-state index contributed by atoms with van der Waals surface area (Å²) >= 11 is 0. The van der Waals surface area contributed by atoms with Crippen molar-refractivity contribution in [3.8, 4) is 0 Å². The van der Waals surface area contributed by atoms with Gasteiger partial charge in [-0.05, 0) is 13.0 Å². The Labute approximate surface area is 203 Å². The molecule has 0 aromatic carbocycles. The molecule has 2 aliphatic rings. The minimum Gasteiger partial charge on any atom is -0.394 e. The van der Waals surface area contributed by atoms with Crippen LogP contribution < -0.4 is 22.8 Å². The van der Waals surface area contributed by atoms with E-state index in [0.717, 1.165) is 9.13 Å². The molecule has 0 aliphatic carbocycles. The van der Waals surface area contributed by atoms with Crippen LogP contribution in [0.5, 0.6) is 0 Å². The van der Waals surface area contributed by atoms with E-state index >= 15 is 0 Å². The molecule has 0 bridgehead atoms. The molecule has 1 unspecified atom stereocenters. The number of hydrogen-bond acceptors (Lipinski definition) is 13. The highest BCUT2D eigenvalue weighted by molar-refractivity contribution is 7.47. The number of aromatic nitrogens is 4. The van der Waals surface area contributed by atoms with Gasteiger partial charge in [-0.25, -0.2) is 14.2 Å². The zero-order chi connectivity index (χ0) is 26.2. The van der Waals surface area contributed by atoms with Crippen LogP contribution in [0.25, 0.3) is 0 Å². The Morgan fingerprint density at radius 3 is 2.50 bits per heavy atom. The largest absolute Gasteiger partial charge is 0.472 e. The second-order valence-electron chi connectivity index (χ2n) is 8.43. The number of aliphatic hydroxyl groups excluding tert-OH is 2. The fourth-order valence-corrected chi connectivity index (χ4v) is 4.94. The van der Waals surface area contributed by atoms with Crippen LogP contribution in [0.3, 0.4) is 0 Å². The van der Waals surface area contributed by atoms with Gasteiger partial charge in [0.1, 0.15) is 42.4 Å². The molecule has 2 aromatic heterocycles. The highest BCUT2D eigenvalue weighted by atomic mass is 31.2. The third kappa shape index (κ3) is 5.66. The van der Waals surface area contributed by atoms with Crippen molar-refractivity contribution in [2.24, 2.45) is 0 Å². The number of aliphatic hydroxyl groups is 2. The zero-order valence-corrected chi connectivity index (χ0v) is 20.0. The minimum atomic E-state index is -4.73. The predicted molar refractivity (Wildman–Crippen MR) is 121 cm³/mol. The molecule has 16 nitrogen and oxygen atoms in total. The second kappa shape index (κ2) is 10.4. The van der Waals surface area contributed by atoms with Gasteiger partial charge in [-0.15, -0.1) is 0 Å². The van der Waals surface area contributed by atoms with E-state index < -0.39 is 69.3 Å². The molecule has 7 N–H and O–H groups in total. The average molecular weight is 530 g/mol. The summed E-state index contributed by atoms with van der Waals surface area (Å²) in [4.78, 5) is 41.7. The molecule has 4 heterocycles. The molecule has 2 fully saturated rings. The van der Waals surface area contributed by atoms with Gasteiger partial charge in [0.25, 0.3) is 0 Å². The first-order valence-electron chi connectivity index (χ1n) is 10.9. The Morgan fingerprint density at radius 2 is 1.81 bits per heavy atom. The Bertz CT molecular complexity index is 1270. The summed E-state index contributed by atoms with van der Waals surface area (Å²) in [5, 5.41) is 19.9. The standard InChI is InChI=1S/C19H27N6O10P/c1-9-6-25(19(29)23-17(9)21)16-5-11(12(7-26)33-16)35-36(30,31)32-8-13-10(27)4-15(34-13)24-3-2-14(20)22-18(24)28/h2-3,6,10-13,15-16,26-27H,4-5,7-8H2,1H3,(H,30,31)(H2,20,22,28)(H2,21,23,29)/t10-,11-,12+,13+,15+,16+/m0/s1. The quantitative estimate of drug-likeness (QED) is 0.242. The number of hydrogen-bond donors (Lipinski definition) is 5. The Kier molecular flexibility index (Phi) is 7.59. The van der Waals surface area contributed by atoms with Crippen molar-refractivity contribution in [2.45, 2.75) is 56.6 Å². The van der Waals surface area contributed by atoms with E-state index in [4.69, 9.17) is 30.0 Å². The van der Waals surface area contributed by atoms with E-state index in [-0.39, 0.29) is 24.5 Å². The van der Waals surface area contributed by atoms with Gasteiger partial charge in [0.05, 0.1) is 19.3 Å². The smallest absolute Gasteiger partial charge is 0.394 e. The van der Waals surface area contributed by atoms with E-state index in [0.29, 0.717) is 5.56 Å². The van der Waals surface area contributed by atoms with Crippen molar-refractivity contribution >= 4 is 19.5 Å². The number of nitrogens with two attached hydrogens (primary N) is 2. The molecule has 0 spiro atoms. The number of rotatable bonds is 8. The fourth-order valence-electron chi connectivity index (χ4n) is 3.98. The predicted octanol–water partition coefficient (Wildman–Crippen LogP) is -1.60. The Morgan fingerprint density at radius 1 is 1.14 bits per heavy atom. The number of aryl methyl sites for hydroxylation is 1. The topological polar surface area (TPSA) is 236 Å². The molecular formula is C19H27N6O10P. The van der Waals surface area contributed by atoms with Gasteiger partial charge in [-0.1, -0.05) is 0 Å². The molecule has 2 saturated heterocycles. The lowest BCUT2D eigenvalue weighted by Gasteiger charge is -2.21. The number of ether oxygens (including phenoxy) is 2. The van der Waals surface area contributed by atoms with Crippen LogP contribution in [0, 0.1) is 6.92 Å². The number of phosphoric acid groups is 1. The SMILES string of the molecule is Cc1cn([C@H]2C[C@H](OP(=O)(O)OC[C@H]3O[C@@H](n4ccc(N)nc4=O)C[C@@H]3O)[C@@H](CO)O2)c(=O)nc1N. The first kappa shape index (κ1) is 26.4. The average Bonchev–Trinajstić information content (AvgIpc) is 3.37. The summed E-state index contributed by atoms with van der Waals surface area (Å²) in [7, 11) is -4.73. The molecule has 36 heavy (non-hydrogen) atoms. The summed E-state index contributed by atoms with van der Waals surface area (Å²) in [5.74, 6) is 0.0881. The molecular weight excluding hydrogens is 503 g/mol. The lowest BCUT2D eigenvalue weighted by atomic mass is 10.2. The molecule has 2 aromatic rings. The Hall–Kier alpha value is -2.69. The van der Waals surface area contributed by atoms with Gasteiger partial charge in [-0.3, -0.25) is 18.2 Å². The maximum absolute atomic E-state index is 12.6. The van der Waals surface area contributed by atoms with Gasteiger partial charge in [0.2, 0.25) is 0 Å². The Balaban J connectivity index is 1.37. The van der Waals surface area contributed by atoms with Crippen molar-refractivity contribution in [3.63, 3.8) is 0 Å². The van der Waals surface area contributed by atoms with E-state index in [1.54, 1.807) is 6.92 Å². The van der Waals surface area contributed by atoms with Crippen LogP contribution in [0.15, 0.2) is 28.0 Å². The van der Waals surface area contributed by atoms with E-state index in [9.17, 15) is 29.3 Å².